The predicted octanol–water partition coefficient (Wildman–Crippen LogP) is 1.78. The molecule has 0 spiro atoms. The van der Waals surface area contributed by atoms with Crippen LogP contribution in [0.1, 0.15) is 11.3 Å². The Balaban J connectivity index is 1.90. The lowest BCUT2D eigenvalue weighted by atomic mass is 10.2. The number of pyridine rings is 1. The molecule has 20 heavy (non-hydrogen) atoms. The molecule has 5 nitrogen and oxygen atoms in total. The maximum atomic E-state index is 11.1. The van der Waals surface area contributed by atoms with E-state index >= 15 is 0 Å². The van der Waals surface area contributed by atoms with Crippen LogP contribution in [0.4, 0.5) is 0 Å². The third kappa shape index (κ3) is 4.38. The van der Waals surface area contributed by atoms with Crippen molar-refractivity contribution in [1.82, 2.24) is 10.3 Å². The molecule has 0 aliphatic heterocycles. The minimum absolute atomic E-state index is 0.121. The van der Waals surface area contributed by atoms with Crippen LogP contribution < -0.4 is 10.5 Å². The van der Waals surface area contributed by atoms with Gasteiger partial charge in [0.05, 0.1) is 10.6 Å². The SMILES string of the molecule is NS(=O)(=O)c1ccc(CNCc2ccc(Br)cn2)cc1. The first-order chi connectivity index (χ1) is 9.45. The molecule has 0 amide bonds. The van der Waals surface area contributed by atoms with Gasteiger partial charge in [0, 0.05) is 23.8 Å². The molecule has 1 aromatic carbocycles. The number of nitrogens with zero attached hydrogens (tertiary/aromatic N) is 1. The van der Waals surface area contributed by atoms with Gasteiger partial charge in [-0.1, -0.05) is 12.1 Å². The lowest BCUT2D eigenvalue weighted by molar-refractivity contribution is 0.597. The smallest absolute Gasteiger partial charge is 0.238 e. The maximum Gasteiger partial charge on any atom is 0.238 e. The van der Waals surface area contributed by atoms with Crippen LogP contribution >= 0.6 is 15.9 Å². The Kier molecular flexibility index (Phi) is 4.87. The zero-order chi connectivity index (χ0) is 14.6. The van der Waals surface area contributed by atoms with E-state index in [-0.39, 0.29) is 4.90 Å². The number of hydrogen-bond acceptors (Lipinski definition) is 4. The van der Waals surface area contributed by atoms with Crippen LogP contribution in [-0.4, -0.2) is 13.4 Å². The molecule has 3 N–H and O–H groups in total. The van der Waals surface area contributed by atoms with Crippen molar-refractivity contribution in [3.05, 3.63) is 58.3 Å². The first-order valence-corrected chi connectivity index (χ1v) is 8.22. The monoisotopic (exact) mass is 355 g/mol. The van der Waals surface area contributed by atoms with Crippen molar-refractivity contribution < 1.29 is 8.42 Å². The Morgan fingerprint density at radius 3 is 2.35 bits per heavy atom. The summed E-state index contributed by atoms with van der Waals surface area (Å²) in [6.45, 7) is 1.27. The summed E-state index contributed by atoms with van der Waals surface area (Å²) in [6.07, 6.45) is 1.75. The number of nitrogens with two attached hydrogens (primary N) is 1. The molecule has 0 fully saturated rings. The van der Waals surface area contributed by atoms with Gasteiger partial charge < -0.3 is 5.32 Å². The fraction of sp³-hybridized carbons (Fsp3) is 0.154. The van der Waals surface area contributed by atoms with Crippen molar-refractivity contribution in [1.29, 1.82) is 0 Å². The summed E-state index contributed by atoms with van der Waals surface area (Å²) in [4.78, 5) is 4.37. The fourth-order valence-corrected chi connectivity index (χ4v) is 2.39. The number of hydrogen-bond donors (Lipinski definition) is 2. The van der Waals surface area contributed by atoms with Gasteiger partial charge in [0.1, 0.15) is 0 Å². The number of aromatic nitrogens is 1. The van der Waals surface area contributed by atoms with Crippen LogP contribution in [0.25, 0.3) is 0 Å². The molecular formula is C13H14BrN3O2S. The lowest BCUT2D eigenvalue weighted by Gasteiger charge is -2.05. The minimum atomic E-state index is -3.62. The third-order valence-electron chi connectivity index (χ3n) is 2.68. The second kappa shape index (κ2) is 6.45. The molecule has 0 radical (unpaired) electrons. The molecule has 0 saturated carbocycles. The highest BCUT2D eigenvalue weighted by molar-refractivity contribution is 9.10. The van der Waals surface area contributed by atoms with Crippen LogP contribution in [0.5, 0.6) is 0 Å². The minimum Gasteiger partial charge on any atom is -0.307 e. The van der Waals surface area contributed by atoms with E-state index in [0.717, 1.165) is 15.7 Å². The second-order valence-corrected chi connectivity index (χ2v) is 6.74. The number of rotatable bonds is 5. The van der Waals surface area contributed by atoms with Crippen LogP contribution in [-0.2, 0) is 23.1 Å². The topological polar surface area (TPSA) is 85.1 Å². The Labute approximate surface area is 126 Å². The highest BCUT2D eigenvalue weighted by Gasteiger charge is 2.06. The van der Waals surface area contributed by atoms with Crippen LogP contribution in [0.3, 0.4) is 0 Å². The largest absolute Gasteiger partial charge is 0.307 e. The fourth-order valence-electron chi connectivity index (χ4n) is 1.64. The molecule has 0 atom stereocenters. The molecule has 0 aliphatic rings. The Morgan fingerprint density at radius 2 is 1.80 bits per heavy atom. The molecule has 7 heteroatoms. The van der Waals surface area contributed by atoms with Gasteiger partial charge in [-0.15, -0.1) is 0 Å². The number of nitrogens with one attached hydrogen (secondary N) is 1. The second-order valence-electron chi connectivity index (χ2n) is 4.26. The molecule has 2 rings (SSSR count). The molecule has 0 saturated heterocycles. The molecule has 0 aliphatic carbocycles. The summed E-state index contributed by atoms with van der Waals surface area (Å²) < 4.78 is 23.2. The van der Waals surface area contributed by atoms with E-state index in [4.69, 9.17) is 5.14 Å². The van der Waals surface area contributed by atoms with Gasteiger partial charge in [-0.05, 0) is 45.8 Å². The number of primary sulfonamides is 1. The Morgan fingerprint density at radius 1 is 1.10 bits per heavy atom. The van der Waals surface area contributed by atoms with Gasteiger partial charge in [0.15, 0.2) is 0 Å². The van der Waals surface area contributed by atoms with Gasteiger partial charge >= 0.3 is 0 Å². The van der Waals surface area contributed by atoms with Crippen LogP contribution in [0, 0.1) is 0 Å². The first-order valence-electron chi connectivity index (χ1n) is 5.88. The van der Waals surface area contributed by atoms with E-state index in [1.807, 2.05) is 12.1 Å². The van der Waals surface area contributed by atoms with E-state index in [1.165, 1.54) is 12.1 Å². The van der Waals surface area contributed by atoms with Gasteiger partial charge in [-0.3, -0.25) is 4.98 Å². The van der Waals surface area contributed by atoms with Gasteiger partial charge in [-0.25, -0.2) is 13.6 Å². The van der Waals surface area contributed by atoms with Crippen molar-refractivity contribution in [2.45, 2.75) is 18.0 Å². The highest BCUT2D eigenvalue weighted by atomic mass is 79.9. The Hall–Kier alpha value is -1.28. The average molecular weight is 356 g/mol. The zero-order valence-corrected chi connectivity index (χ0v) is 13.0. The summed E-state index contributed by atoms with van der Waals surface area (Å²) in [5.74, 6) is 0. The normalized spacial score (nSPS) is 11.5. The van der Waals surface area contributed by atoms with Crippen molar-refractivity contribution in [2.75, 3.05) is 0 Å². The molecular weight excluding hydrogens is 342 g/mol. The summed E-state index contributed by atoms with van der Waals surface area (Å²) in [7, 11) is -3.62. The standard InChI is InChI=1S/C13H14BrN3O2S/c14-11-3-4-12(17-8-11)9-16-7-10-1-5-13(6-2-10)20(15,18)19/h1-6,8,16H,7,9H2,(H2,15,18,19). The summed E-state index contributed by atoms with van der Waals surface area (Å²) in [5.41, 5.74) is 1.92. The van der Waals surface area contributed by atoms with Crippen molar-refractivity contribution >= 4 is 26.0 Å². The summed E-state index contributed by atoms with van der Waals surface area (Å²) in [6, 6.07) is 10.4. The quantitative estimate of drug-likeness (QED) is 0.855. The molecule has 1 aromatic heterocycles. The predicted molar refractivity (Wildman–Crippen MR) is 80.3 cm³/mol. The third-order valence-corrected chi connectivity index (χ3v) is 4.07. The lowest BCUT2D eigenvalue weighted by Crippen LogP contribution is -2.14. The van der Waals surface area contributed by atoms with Gasteiger partial charge in [-0.2, -0.15) is 0 Å². The zero-order valence-electron chi connectivity index (χ0n) is 10.6. The first kappa shape index (κ1) is 15.1. The number of sulfonamides is 1. The van der Waals surface area contributed by atoms with Gasteiger partial charge in [0.25, 0.3) is 0 Å². The summed E-state index contributed by atoms with van der Waals surface area (Å²) >= 11 is 3.33. The molecule has 2 aromatic rings. The van der Waals surface area contributed by atoms with Crippen LogP contribution in [0.15, 0.2) is 52.0 Å². The van der Waals surface area contributed by atoms with Gasteiger partial charge in [0.2, 0.25) is 10.0 Å². The highest BCUT2D eigenvalue weighted by Crippen LogP contribution is 2.09. The van der Waals surface area contributed by atoms with Crippen molar-refractivity contribution in [2.24, 2.45) is 5.14 Å². The molecule has 106 valence electrons. The average Bonchev–Trinajstić information content (AvgIpc) is 2.41. The Bertz CT molecular complexity index is 670. The van der Waals surface area contributed by atoms with E-state index in [9.17, 15) is 8.42 Å². The van der Waals surface area contributed by atoms with Crippen molar-refractivity contribution in [3.8, 4) is 0 Å². The molecule has 0 bridgehead atoms. The maximum absolute atomic E-state index is 11.1. The molecule has 0 unspecified atom stereocenters. The van der Waals surface area contributed by atoms with E-state index < -0.39 is 10.0 Å². The number of halogens is 1. The van der Waals surface area contributed by atoms with E-state index in [1.54, 1.807) is 18.3 Å². The van der Waals surface area contributed by atoms with Crippen molar-refractivity contribution in [3.63, 3.8) is 0 Å². The molecule has 1 heterocycles. The van der Waals surface area contributed by atoms with E-state index in [2.05, 4.69) is 26.2 Å². The summed E-state index contributed by atoms with van der Waals surface area (Å²) in [5, 5.41) is 8.28. The van der Waals surface area contributed by atoms with Crippen LogP contribution in [0.2, 0.25) is 0 Å². The van der Waals surface area contributed by atoms with E-state index in [0.29, 0.717) is 13.1 Å². The number of benzene rings is 1.